The maximum Gasteiger partial charge on any atom is 0.294 e. The number of nitrogens with zero attached hydrogens (tertiary/aromatic N) is 1. The average Bonchev–Trinajstić information content (AvgIpc) is 2.09. The Hall–Kier alpha value is -0.880. The SMILES string of the molecule is C1COCCN1.CO[N+](=O)[O-]. The van der Waals surface area contributed by atoms with Gasteiger partial charge in [-0.15, -0.1) is 10.1 Å². The average molecular weight is 164 g/mol. The molecule has 0 atom stereocenters. The van der Waals surface area contributed by atoms with E-state index in [1.165, 1.54) is 0 Å². The summed E-state index contributed by atoms with van der Waals surface area (Å²) in [6, 6.07) is 0. The molecule has 0 aromatic heterocycles. The lowest BCUT2D eigenvalue weighted by molar-refractivity contribution is -0.749. The van der Waals surface area contributed by atoms with Crippen LogP contribution in [-0.4, -0.2) is 38.5 Å². The fourth-order valence-corrected chi connectivity index (χ4v) is 0.516. The van der Waals surface area contributed by atoms with Gasteiger partial charge in [-0.2, -0.15) is 0 Å². The number of nitrogens with one attached hydrogen (secondary N) is 1. The van der Waals surface area contributed by atoms with Crippen molar-refractivity contribution in [1.82, 2.24) is 5.32 Å². The molecule has 1 aliphatic heterocycles. The summed E-state index contributed by atoms with van der Waals surface area (Å²) in [7, 11) is 1.00. The summed E-state index contributed by atoms with van der Waals surface area (Å²) < 4.78 is 5.01. The Labute approximate surface area is 64.6 Å². The van der Waals surface area contributed by atoms with Crippen LogP contribution in [0.15, 0.2) is 0 Å². The van der Waals surface area contributed by atoms with E-state index in [0.29, 0.717) is 0 Å². The maximum absolute atomic E-state index is 8.95. The van der Waals surface area contributed by atoms with Gasteiger partial charge in [-0.3, -0.25) is 0 Å². The number of morpholine rings is 1. The van der Waals surface area contributed by atoms with Gasteiger partial charge in [-0.05, 0) is 0 Å². The van der Waals surface area contributed by atoms with E-state index in [9.17, 15) is 0 Å². The van der Waals surface area contributed by atoms with Gasteiger partial charge in [0.1, 0.15) is 0 Å². The molecule has 0 aromatic rings. The first-order valence-corrected chi connectivity index (χ1v) is 3.24. The van der Waals surface area contributed by atoms with Crippen molar-refractivity contribution in [1.29, 1.82) is 0 Å². The lowest BCUT2D eigenvalue weighted by atomic mass is 10.5. The van der Waals surface area contributed by atoms with Crippen molar-refractivity contribution in [2.45, 2.75) is 0 Å². The Morgan fingerprint density at radius 1 is 1.55 bits per heavy atom. The number of hydrogen-bond donors (Lipinski definition) is 1. The third kappa shape index (κ3) is 9.12. The minimum atomic E-state index is -0.875. The van der Waals surface area contributed by atoms with Gasteiger partial charge in [0.25, 0.3) is 5.09 Å². The van der Waals surface area contributed by atoms with Gasteiger partial charge in [0.15, 0.2) is 0 Å². The fraction of sp³-hybridized carbons (Fsp3) is 1.00. The van der Waals surface area contributed by atoms with E-state index in [1.54, 1.807) is 0 Å². The third-order valence-corrected chi connectivity index (χ3v) is 0.995. The molecular weight excluding hydrogens is 152 g/mol. The molecule has 6 heteroatoms. The fourth-order valence-electron chi connectivity index (χ4n) is 0.516. The molecule has 1 heterocycles. The molecule has 1 aliphatic rings. The van der Waals surface area contributed by atoms with Crippen molar-refractivity contribution in [2.24, 2.45) is 0 Å². The molecule has 0 aromatic carbocycles. The predicted molar refractivity (Wildman–Crippen MR) is 37.7 cm³/mol. The number of hydrogen-bond acceptors (Lipinski definition) is 5. The third-order valence-electron chi connectivity index (χ3n) is 0.995. The molecule has 0 aliphatic carbocycles. The zero-order chi connectivity index (χ0) is 8.53. The van der Waals surface area contributed by atoms with E-state index in [1.807, 2.05) is 0 Å². The van der Waals surface area contributed by atoms with E-state index in [4.69, 9.17) is 14.9 Å². The van der Waals surface area contributed by atoms with Crippen LogP contribution < -0.4 is 5.32 Å². The smallest absolute Gasteiger partial charge is 0.294 e. The van der Waals surface area contributed by atoms with Crippen LogP contribution in [0.1, 0.15) is 0 Å². The van der Waals surface area contributed by atoms with Gasteiger partial charge >= 0.3 is 0 Å². The lowest BCUT2D eigenvalue weighted by Gasteiger charge is -2.10. The van der Waals surface area contributed by atoms with E-state index >= 15 is 0 Å². The van der Waals surface area contributed by atoms with Gasteiger partial charge in [0.2, 0.25) is 0 Å². The second-order valence-electron chi connectivity index (χ2n) is 1.77. The van der Waals surface area contributed by atoms with Crippen LogP contribution in [0.4, 0.5) is 0 Å². The van der Waals surface area contributed by atoms with E-state index in [2.05, 4.69) is 10.2 Å². The molecule has 6 nitrogen and oxygen atoms in total. The first-order valence-electron chi connectivity index (χ1n) is 3.24. The number of ether oxygens (including phenoxy) is 1. The summed E-state index contributed by atoms with van der Waals surface area (Å²) in [4.78, 5) is 12.4. The Morgan fingerprint density at radius 2 is 2.00 bits per heavy atom. The quantitative estimate of drug-likeness (QED) is 0.415. The van der Waals surface area contributed by atoms with E-state index in [-0.39, 0.29) is 0 Å². The summed E-state index contributed by atoms with van der Waals surface area (Å²) in [6.45, 7) is 3.83. The highest BCUT2D eigenvalue weighted by Gasteiger charge is 1.92. The second-order valence-corrected chi connectivity index (χ2v) is 1.77. The van der Waals surface area contributed by atoms with Crippen LogP contribution in [0.3, 0.4) is 0 Å². The first kappa shape index (κ1) is 10.1. The standard InChI is InChI=1S/C4H9NO.CH3NO3/c1-3-6-4-2-5-1;1-5-2(3)4/h5H,1-4H2;1H3. The molecule has 0 amide bonds. The summed E-state index contributed by atoms with van der Waals surface area (Å²) in [5.41, 5.74) is 0. The molecule has 66 valence electrons. The largest absolute Gasteiger partial charge is 0.379 e. The minimum Gasteiger partial charge on any atom is -0.379 e. The van der Waals surface area contributed by atoms with Crippen molar-refractivity contribution in [2.75, 3.05) is 33.4 Å². The molecule has 0 spiro atoms. The highest BCUT2D eigenvalue weighted by atomic mass is 16.9. The van der Waals surface area contributed by atoms with Crippen molar-refractivity contribution in [3.8, 4) is 0 Å². The summed E-state index contributed by atoms with van der Waals surface area (Å²) >= 11 is 0. The van der Waals surface area contributed by atoms with Gasteiger partial charge in [0.05, 0.1) is 20.3 Å². The molecule has 0 radical (unpaired) electrons. The maximum atomic E-state index is 8.95. The van der Waals surface area contributed by atoms with Crippen LogP contribution in [0, 0.1) is 10.1 Å². The summed E-state index contributed by atoms with van der Waals surface area (Å²) in [6.07, 6.45) is 0. The Morgan fingerprint density at radius 3 is 2.09 bits per heavy atom. The summed E-state index contributed by atoms with van der Waals surface area (Å²) in [5.74, 6) is 0. The van der Waals surface area contributed by atoms with E-state index < -0.39 is 5.09 Å². The predicted octanol–water partition coefficient (Wildman–Crippen LogP) is -0.569. The minimum absolute atomic E-state index is 0.875. The number of rotatable bonds is 1. The van der Waals surface area contributed by atoms with Gasteiger partial charge < -0.3 is 14.9 Å². The first-order chi connectivity index (χ1) is 5.27. The molecular formula is C5H12N2O4. The van der Waals surface area contributed by atoms with Crippen LogP contribution in [-0.2, 0) is 9.57 Å². The van der Waals surface area contributed by atoms with Crippen molar-refractivity contribution >= 4 is 0 Å². The van der Waals surface area contributed by atoms with Crippen LogP contribution in [0.25, 0.3) is 0 Å². The van der Waals surface area contributed by atoms with E-state index in [0.717, 1.165) is 33.4 Å². The van der Waals surface area contributed by atoms with Crippen LogP contribution >= 0.6 is 0 Å². The molecule has 0 bridgehead atoms. The molecule has 11 heavy (non-hydrogen) atoms. The zero-order valence-electron chi connectivity index (χ0n) is 6.41. The molecule has 0 unspecified atom stereocenters. The zero-order valence-corrected chi connectivity index (χ0v) is 6.41. The second kappa shape index (κ2) is 7.23. The van der Waals surface area contributed by atoms with Crippen LogP contribution in [0.5, 0.6) is 0 Å². The Bertz CT molecular complexity index is 93.1. The van der Waals surface area contributed by atoms with Crippen molar-refractivity contribution in [3.05, 3.63) is 10.1 Å². The molecule has 1 fully saturated rings. The highest BCUT2D eigenvalue weighted by Crippen LogP contribution is 1.76. The van der Waals surface area contributed by atoms with Crippen molar-refractivity contribution < 1.29 is 14.7 Å². The topological polar surface area (TPSA) is 73.6 Å². The van der Waals surface area contributed by atoms with Gasteiger partial charge in [-0.1, -0.05) is 0 Å². The normalized spacial score (nSPS) is 16.1. The Kier molecular flexibility index (Phi) is 6.65. The molecule has 1 N–H and O–H groups in total. The van der Waals surface area contributed by atoms with Crippen LogP contribution in [0.2, 0.25) is 0 Å². The van der Waals surface area contributed by atoms with Gasteiger partial charge in [-0.25, -0.2) is 0 Å². The Balaban J connectivity index is 0.000000187. The lowest BCUT2D eigenvalue weighted by Crippen LogP contribution is -2.30. The summed E-state index contributed by atoms with van der Waals surface area (Å²) in [5, 5.41) is 11.2. The van der Waals surface area contributed by atoms with Gasteiger partial charge in [0, 0.05) is 13.1 Å². The van der Waals surface area contributed by atoms with Crippen molar-refractivity contribution in [3.63, 3.8) is 0 Å². The highest BCUT2D eigenvalue weighted by molar-refractivity contribution is 4.49. The monoisotopic (exact) mass is 164 g/mol. The molecule has 0 saturated carbocycles. The molecule has 1 rings (SSSR count). The molecule has 1 saturated heterocycles.